The first kappa shape index (κ1) is 18.1. The fourth-order valence-corrected chi connectivity index (χ4v) is 3.84. The Bertz CT molecular complexity index is 1240. The number of carbonyl (C=O) groups excluding carboxylic acids is 2. The number of amides is 1. The van der Waals surface area contributed by atoms with E-state index < -0.39 is 0 Å². The summed E-state index contributed by atoms with van der Waals surface area (Å²) in [6.07, 6.45) is 3.04. The zero-order valence-corrected chi connectivity index (χ0v) is 16.1. The molecule has 1 aromatic carbocycles. The van der Waals surface area contributed by atoms with Crippen LogP contribution >= 0.6 is 11.3 Å². The van der Waals surface area contributed by atoms with Gasteiger partial charge in [0, 0.05) is 11.8 Å². The lowest BCUT2D eigenvalue weighted by molar-refractivity contribution is 0.102. The Morgan fingerprint density at radius 3 is 2.73 bits per heavy atom. The van der Waals surface area contributed by atoms with Gasteiger partial charge in [-0.25, -0.2) is 4.98 Å². The summed E-state index contributed by atoms with van der Waals surface area (Å²) in [4.78, 5) is 34.5. The second kappa shape index (κ2) is 7.45. The summed E-state index contributed by atoms with van der Waals surface area (Å²) in [5.41, 5.74) is 1.01. The first-order valence-electron chi connectivity index (χ1n) is 8.90. The normalized spacial score (nSPS) is 12.0. The second-order valence-corrected chi connectivity index (χ2v) is 7.24. The predicted molar refractivity (Wildman–Crippen MR) is 108 cm³/mol. The Morgan fingerprint density at radius 1 is 1.03 bits per heavy atom. The van der Waals surface area contributed by atoms with Gasteiger partial charge in [-0.05, 0) is 42.5 Å². The van der Waals surface area contributed by atoms with Gasteiger partial charge in [-0.1, -0.05) is 17.4 Å². The third kappa shape index (κ3) is 3.31. The highest BCUT2D eigenvalue weighted by atomic mass is 32.1. The van der Waals surface area contributed by atoms with Gasteiger partial charge in [0.05, 0.1) is 6.26 Å². The number of hydrogen-bond donors (Lipinski definition) is 1. The Labute approximate surface area is 174 Å². The van der Waals surface area contributed by atoms with Crippen LogP contribution in [0.15, 0.2) is 65.4 Å². The van der Waals surface area contributed by atoms with E-state index in [0.29, 0.717) is 33.4 Å². The molecule has 3 aromatic heterocycles. The highest BCUT2D eigenvalue weighted by Gasteiger charge is 2.24. The number of nitrogens with one attached hydrogen (secondary N) is 1. The molecule has 0 unspecified atom stereocenters. The third-order valence-corrected chi connectivity index (χ3v) is 5.31. The number of nitrogens with zero attached hydrogens (tertiary/aromatic N) is 2. The molecule has 1 N–H and O–H groups in total. The van der Waals surface area contributed by atoms with Gasteiger partial charge < -0.3 is 13.9 Å². The van der Waals surface area contributed by atoms with Crippen LogP contribution in [0.1, 0.15) is 25.7 Å². The Morgan fingerprint density at radius 2 is 1.93 bits per heavy atom. The topological polar surface area (TPSA) is 104 Å². The van der Waals surface area contributed by atoms with E-state index in [1.165, 1.54) is 6.26 Å². The molecule has 148 valence electrons. The molecule has 0 fully saturated rings. The molecule has 4 heterocycles. The average Bonchev–Trinajstić information content (AvgIpc) is 3.53. The van der Waals surface area contributed by atoms with E-state index in [4.69, 9.17) is 13.9 Å². The summed E-state index contributed by atoms with van der Waals surface area (Å²) < 4.78 is 16.0. The Hall–Kier alpha value is -3.98. The zero-order chi connectivity index (χ0) is 20.5. The number of carbonyl (C=O) groups is 2. The smallest absolute Gasteiger partial charge is 0.257 e. The monoisotopic (exact) mass is 419 g/mol. The van der Waals surface area contributed by atoms with E-state index in [9.17, 15) is 9.59 Å². The Balaban J connectivity index is 1.47. The molecule has 0 spiro atoms. The first-order valence-corrected chi connectivity index (χ1v) is 9.72. The molecule has 0 radical (unpaired) electrons. The highest BCUT2D eigenvalue weighted by Crippen LogP contribution is 2.35. The van der Waals surface area contributed by atoms with Gasteiger partial charge in [0.15, 0.2) is 22.4 Å². The van der Waals surface area contributed by atoms with Crippen molar-refractivity contribution in [3.05, 3.63) is 77.1 Å². The van der Waals surface area contributed by atoms with Gasteiger partial charge in [0.1, 0.15) is 16.3 Å². The number of furan rings is 1. The van der Waals surface area contributed by atoms with Crippen LogP contribution in [0.25, 0.3) is 11.5 Å². The number of ketones is 1. The molecule has 9 heteroatoms. The number of benzene rings is 1. The van der Waals surface area contributed by atoms with Crippen molar-refractivity contribution in [1.29, 1.82) is 0 Å². The number of aromatic nitrogens is 2. The van der Waals surface area contributed by atoms with Crippen LogP contribution in [0.3, 0.4) is 0 Å². The summed E-state index contributed by atoms with van der Waals surface area (Å²) >= 11 is 1.06. The largest absolute Gasteiger partial charge is 0.463 e. The van der Waals surface area contributed by atoms with Crippen molar-refractivity contribution < 1.29 is 23.5 Å². The maximum Gasteiger partial charge on any atom is 0.257 e. The van der Waals surface area contributed by atoms with Crippen LogP contribution in [-0.2, 0) is 0 Å². The maximum absolute atomic E-state index is 13.0. The van der Waals surface area contributed by atoms with E-state index in [2.05, 4.69) is 15.3 Å². The first-order chi connectivity index (χ1) is 14.7. The SMILES string of the molecule is O=C(Nc1nc(-c2ccco2)c(C(=O)c2ccccn2)s1)c1ccc2c(c1)OCO2. The van der Waals surface area contributed by atoms with Crippen LogP contribution in [0.4, 0.5) is 5.13 Å². The molecule has 0 aliphatic carbocycles. The molecule has 30 heavy (non-hydrogen) atoms. The van der Waals surface area contributed by atoms with E-state index in [1.54, 1.807) is 54.7 Å². The lowest BCUT2D eigenvalue weighted by atomic mass is 10.1. The van der Waals surface area contributed by atoms with Gasteiger partial charge in [-0.3, -0.25) is 19.9 Å². The molecule has 1 amide bonds. The minimum absolute atomic E-state index is 0.123. The van der Waals surface area contributed by atoms with Gasteiger partial charge in [-0.2, -0.15) is 0 Å². The van der Waals surface area contributed by atoms with Crippen LogP contribution in [0.5, 0.6) is 11.5 Å². The molecule has 0 saturated carbocycles. The molecular weight excluding hydrogens is 406 g/mol. The fourth-order valence-electron chi connectivity index (χ4n) is 2.93. The summed E-state index contributed by atoms with van der Waals surface area (Å²) in [6, 6.07) is 13.4. The average molecular weight is 419 g/mol. The summed E-state index contributed by atoms with van der Waals surface area (Å²) in [5, 5.41) is 3.00. The van der Waals surface area contributed by atoms with Crippen LogP contribution in [0.2, 0.25) is 0 Å². The van der Waals surface area contributed by atoms with Crippen molar-refractivity contribution in [2.24, 2.45) is 0 Å². The highest BCUT2D eigenvalue weighted by molar-refractivity contribution is 7.18. The molecular formula is C21H13N3O5S. The van der Waals surface area contributed by atoms with Crippen LogP contribution in [-0.4, -0.2) is 28.5 Å². The number of rotatable bonds is 5. The number of thiazole rings is 1. The molecule has 5 rings (SSSR count). The Kier molecular flexibility index (Phi) is 4.49. The molecule has 1 aliphatic heterocycles. The van der Waals surface area contributed by atoms with E-state index in [-0.39, 0.29) is 29.3 Å². The van der Waals surface area contributed by atoms with Crippen LogP contribution in [0, 0.1) is 0 Å². The fraction of sp³-hybridized carbons (Fsp3) is 0.0476. The number of hydrogen-bond acceptors (Lipinski definition) is 8. The maximum atomic E-state index is 13.0. The minimum Gasteiger partial charge on any atom is -0.463 e. The summed E-state index contributed by atoms with van der Waals surface area (Å²) in [7, 11) is 0. The third-order valence-electron chi connectivity index (χ3n) is 4.34. The van der Waals surface area contributed by atoms with E-state index >= 15 is 0 Å². The quantitative estimate of drug-likeness (QED) is 0.488. The van der Waals surface area contributed by atoms with Crippen molar-refractivity contribution in [2.75, 3.05) is 12.1 Å². The van der Waals surface area contributed by atoms with Gasteiger partial charge >= 0.3 is 0 Å². The summed E-state index contributed by atoms with van der Waals surface area (Å²) in [6.45, 7) is 0.123. The molecule has 1 aliphatic rings. The zero-order valence-electron chi connectivity index (χ0n) is 15.3. The minimum atomic E-state index is -0.384. The van der Waals surface area contributed by atoms with Crippen LogP contribution < -0.4 is 14.8 Å². The van der Waals surface area contributed by atoms with Gasteiger partial charge in [0.2, 0.25) is 12.6 Å². The number of ether oxygens (including phenoxy) is 2. The second-order valence-electron chi connectivity index (χ2n) is 6.24. The molecule has 0 saturated heterocycles. The van der Waals surface area contributed by atoms with Gasteiger partial charge in [0.25, 0.3) is 5.91 Å². The lowest BCUT2D eigenvalue weighted by Gasteiger charge is -2.03. The molecule has 4 aromatic rings. The van der Waals surface area contributed by atoms with Crippen molar-refractivity contribution in [2.45, 2.75) is 0 Å². The predicted octanol–water partition coefficient (Wildman–Crippen LogP) is 4.01. The molecule has 0 atom stereocenters. The molecule has 0 bridgehead atoms. The number of fused-ring (bicyclic) bond motifs is 1. The van der Waals surface area contributed by atoms with Crippen molar-refractivity contribution in [3.63, 3.8) is 0 Å². The van der Waals surface area contributed by atoms with Gasteiger partial charge in [-0.15, -0.1) is 0 Å². The lowest BCUT2D eigenvalue weighted by Crippen LogP contribution is -2.11. The molecule has 8 nitrogen and oxygen atoms in total. The standard InChI is InChI=1S/C21H13N3O5S/c25-18(13-4-1-2-8-22-13)19-17(15-5-3-9-27-15)23-21(30-19)24-20(26)12-6-7-14-16(10-12)29-11-28-14/h1-10H,11H2,(H,23,24,26). The van der Waals surface area contributed by atoms with Crippen molar-refractivity contribution >= 4 is 28.2 Å². The summed E-state index contributed by atoms with van der Waals surface area (Å²) in [5.74, 6) is 0.829. The van der Waals surface area contributed by atoms with E-state index in [1.807, 2.05) is 0 Å². The number of pyridine rings is 1. The number of anilines is 1. The van der Waals surface area contributed by atoms with E-state index in [0.717, 1.165) is 11.3 Å². The van der Waals surface area contributed by atoms with Crippen molar-refractivity contribution in [1.82, 2.24) is 9.97 Å². The van der Waals surface area contributed by atoms with Crippen molar-refractivity contribution in [3.8, 4) is 23.0 Å².